The predicted molar refractivity (Wildman–Crippen MR) is 67.8 cm³/mol. The van der Waals surface area contributed by atoms with Gasteiger partial charge >= 0.3 is 5.97 Å². The maximum Gasteiger partial charge on any atom is 0.325 e. The van der Waals surface area contributed by atoms with Gasteiger partial charge in [-0.1, -0.05) is 0 Å². The number of carbonyl (C=O) groups is 1. The summed E-state index contributed by atoms with van der Waals surface area (Å²) < 4.78 is 4.71. The topological polar surface area (TPSA) is 58.8 Å². The van der Waals surface area contributed by atoms with Crippen LogP contribution in [0.2, 0.25) is 0 Å². The molecular weight excluding hydrogens is 218 g/mol. The quantitative estimate of drug-likeness (QED) is 0.699. The Morgan fingerprint density at radius 3 is 2.71 bits per heavy atom. The van der Waals surface area contributed by atoms with Crippen molar-refractivity contribution in [3.63, 3.8) is 0 Å². The van der Waals surface area contributed by atoms with E-state index in [1.54, 1.807) is 6.92 Å². The third-order valence-corrected chi connectivity index (χ3v) is 3.41. The first-order valence-corrected chi connectivity index (χ1v) is 6.24. The largest absolute Gasteiger partial charge is 0.468 e. The van der Waals surface area contributed by atoms with Crippen LogP contribution in [0.4, 0.5) is 0 Å². The fourth-order valence-corrected chi connectivity index (χ4v) is 2.05. The van der Waals surface area contributed by atoms with Crippen molar-refractivity contribution in [3.8, 4) is 0 Å². The summed E-state index contributed by atoms with van der Waals surface area (Å²) in [5.74, 6) is -0.329. The number of nitrogens with two attached hydrogens (primary N) is 1. The molecule has 1 atom stereocenters. The monoisotopic (exact) mass is 243 g/mol. The number of methoxy groups -OCH3 is 1. The number of hydrogen-bond acceptors (Lipinski definition) is 5. The van der Waals surface area contributed by atoms with Crippen LogP contribution in [0.25, 0.3) is 0 Å². The van der Waals surface area contributed by atoms with E-state index >= 15 is 0 Å². The molecule has 5 heteroatoms. The molecule has 1 aliphatic rings. The summed E-state index contributed by atoms with van der Waals surface area (Å²) in [6.07, 6.45) is 1.82. The molecule has 0 radical (unpaired) electrons. The van der Waals surface area contributed by atoms with Crippen molar-refractivity contribution in [3.05, 3.63) is 0 Å². The summed E-state index contributed by atoms with van der Waals surface area (Å²) >= 11 is 0. The standard InChI is InChI=1S/C12H25N3O2/c1-12(13,11(16)17-3)5-8-15-7-4-6-14(2)9-10-15/h4-10,13H2,1-3H3. The van der Waals surface area contributed by atoms with Crippen molar-refractivity contribution in [2.75, 3.05) is 46.9 Å². The van der Waals surface area contributed by atoms with Crippen molar-refractivity contribution < 1.29 is 9.53 Å². The molecular formula is C12H25N3O2. The third-order valence-electron chi connectivity index (χ3n) is 3.41. The molecule has 0 aromatic heterocycles. The number of rotatable bonds is 4. The van der Waals surface area contributed by atoms with E-state index in [0.717, 1.165) is 32.7 Å². The van der Waals surface area contributed by atoms with Crippen LogP contribution < -0.4 is 5.73 Å². The van der Waals surface area contributed by atoms with Gasteiger partial charge in [-0.3, -0.25) is 4.79 Å². The summed E-state index contributed by atoms with van der Waals surface area (Å²) in [7, 11) is 3.53. The summed E-state index contributed by atoms with van der Waals surface area (Å²) in [5, 5.41) is 0. The predicted octanol–water partition coefficient (Wildman–Crippen LogP) is -0.0956. The van der Waals surface area contributed by atoms with Crippen LogP contribution in [0.3, 0.4) is 0 Å². The zero-order chi connectivity index (χ0) is 12.9. The third kappa shape index (κ3) is 4.61. The minimum atomic E-state index is -0.868. The Labute approximate surface area is 104 Å². The summed E-state index contributed by atoms with van der Waals surface area (Å²) in [6, 6.07) is 0. The van der Waals surface area contributed by atoms with Gasteiger partial charge in [0.1, 0.15) is 5.54 Å². The Kier molecular flexibility index (Phi) is 5.36. The molecule has 100 valence electrons. The lowest BCUT2D eigenvalue weighted by Crippen LogP contribution is -2.48. The highest BCUT2D eigenvalue weighted by Crippen LogP contribution is 2.10. The van der Waals surface area contributed by atoms with Crippen LogP contribution in [-0.4, -0.2) is 68.2 Å². The van der Waals surface area contributed by atoms with Gasteiger partial charge in [0, 0.05) is 19.6 Å². The highest BCUT2D eigenvalue weighted by atomic mass is 16.5. The molecule has 0 aromatic carbocycles. The molecule has 0 saturated carbocycles. The van der Waals surface area contributed by atoms with Crippen LogP contribution in [0, 0.1) is 0 Å². The minimum absolute atomic E-state index is 0.329. The molecule has 2 N–H and O–H groups in total. The summed E-state index contributed by atoms with van der Waals surface area (Å²) in [4.78, 5) is 16.2. The van der Waals surface area contributed by atoms with Crippen molar-refractivity contribution in [2.24, 2.45) is 5.73 Å². The normalized spacial score (nSPS) is 22.8. The second-order valence-corrected chi connectivity index (χ2v) is 5.16. The van der Waals surface area contributed by atoms with Crippen molar-refractivity contribution in [1.82, 2.24) is 9.80 Å². The highest BCUT2D eigenvalue weighted by Gasteiger charge is 2.29. The van der Waals surface area contributed by atoms with Gasteiger partial charge in [0.25, 0.3) is 0 Å². The average Bonchev–Trinajstić information content (AvgIpc) is 2.50. The SMILES string of the molecule is COC(=O)C(C)(N)CCN1CCCN(C)CC1. The number of nitrogens with zero attached hydrogens (tertiary/aromatic N) is 2. The molecule has 0 aliphatic carbocycles. The molecule has 1 rings (SSSR count). The molecule has 0 aromatic rings. The van der Waals surface area contributed by atoms with Gasteiger partial charge in [-0.05, 0) is 39.9 Å². The van der Waals surface area contributed by atoms with E-state index < -0.39 is 5.54 Å². The fraction of sp³-hybridized carbons (Fsp3) is 0.917. The fourth-order valence-electron chi connectivity index (χ4n) is 2.05. The second kappa shape index (κ2) is 6.33. The van der Waals surface area contributed by atoms with E-state index in [1.165, 1.54) is 13.5 Å². The number of ether oxygens (including phenoxy) is 1. The van der Waals surface area contributed by atoms with Gasteiger partial charge in [-0.15, -0.1) is 0 Å². The summed E-state index contributed by atoms with van der Waals surface area (Å²) in [5.41, 5.74) is 5.07. The van der Waals surface area contributed by atoms with Gasteiger partial charge < -0.3 is 20.3 Å². The maximum absolute atomic E-state index is 11.5. The summed E-state index contributed by atoms with van der Waals surface area (Å²) in [6.45, 7) is 6.96. The molecule has 1 saturated heterocycles. The molecule has 1 heterocycles. The Hall–Kier alpha value is -0.650. The van der Waals surface area contributed by atoms with E-state index in [9.17, 15) is 4.79 Å². The van der Waals surface area contributed by atoms with E-state index in [1.807, 2.05) is 0 Å². The Morgan fingerprint density at radius 2 is 2.06 bits per heavy atom. The molecule has 0 bridgehead atoms. The van der Waals surface area contributed by atoms with Crippen LogP contribution >= 0.6 is 0 Å². The number of likely N-dealkylation sites (N-methyl/N-ethyl adjacent to an activating group) is 1. The Balaban J connectivity index is 2.36. The minimum Gasteiger partial charge on any atom is -0.468 e. The first-order valence-electron chi connectivity index (χ1n) is 6.24. The Morgan fingerprint density at radius 1 is 1.35 bits per heavy atom. The molecule has 1 aliphatic heterocycles. The highest BCUT2D eigenvalue weighted by molar-refractivity contribution is 5.79. The molecule has 17 heavy (non-hydrogen) atoms. The molecule has 5 nitrogen and oxygen atoms in total. The van der Waals surface area contributed by atoms with Crippen LogP contribution in [0.1, 0.15) is 19.8 Å². The number of esters is 1. The lowest BCUT2D eigenvalue weighted by Gasteiger charge is -2.26. The first-order chi connectivity index (χ1) is 7.95. The van der Waals surface area contributed by atoms with Crippen molar-refractivity contribution >= 4 is 5.97 Å². The van der Waals surface area contributed by atoms with Gasteiger partial charge in [-0.25, -0.2) is 0 Å². The molecule has 0 amide bonds. The lowest BCUT2D eigenvalue weighted by molar-refractivity contribution is -0.146. The second-order valence-electron chi connectivity index (χ2n) is 5.16. The number of carbonyl (C=O) groups excluding carboxylic acids is 1. The number of hydrogen-bond donors (Lipinski definition) is 1. The van der Waals surface area contributed by atoms with Gasteiger partial charge in [0.15, 0.2) is 0 Å². The Bertz CT molecular complexity index is 256. The van der Waals surface area contributed by atoms with E-state index in [4.69, 9.17) is 10.5 Å². The zero-order valence-corrected chi connectivity index (χ0v) is 11.2. The van der Waals surface area contributed by atoms with Crippen LogP contribution in [-0.2, 0) is 9.53 Å². The van der Waals surface area contributed by atoms with E-state index in [2.05, 4.69) is 16.8 Å². The van der Waals surface area contributed by atoms with Gasteiger partial charge in [0.05, 0.1) is 7.11 Å². The molecule has 1 fully saturated rings. The van der Waals surface area contributed by atoms with E-state index in [-0.39, 0.29) is 5.97 Å². The maximum atomic E-state index is 11.5. The van der Waals surface area contributed by atoms with Crippen molar-refractivity contribution in [2.45, 2.75) is 25.3 Å². The van der Waals surface area contributed by atoms with E-state index in [0.29, 0.717) is 6.42 Å². The van der Waals surface area contributed by atoms with Crippen molar-refractivity contribution in [1.29, 1.82) is 0 Å². The van der Waals surface area contributed by atoms with Gasteiger partial charge in [-0.2, -0.15) is 0 Å². The van der Waals surface area contributed by atoms with Crippen LogP contribution in [0.15, 0.2) is 0 Å². The van der Waals surface area contributed by atoms with Gasteiger partial charge in [0.2, 0.25) is 0 Å². The molecule has 1 unspecified atom stereocenters. The molecule has 0 spiro atoms. The van der Waals surface area contributed by atoms with Crippen LogP contribution in [0.5, 0.6) is 0 Å². The zero-order valence-electron chi connectivity index (χ0n) is 11.2. The first kappa shape index (κ1) is 14.4. The smallest absolute Gasteiger partial charge is 0.325 e. The lowest BCUT2D eigenvalue weighted by atomic mass is 9.99. The average molecular weight is 243 g/mol.